The van der Waals surface area contributed by atoms with E-state index in [0.717, 1.165) is 0 Å². The molecule has 2 atom stereocenters. The third-order valence-electron chi connectivity index (χ3n) is 2.67. The molecular formula is C13H18N2O4. The van der Waals surface area contributed by atoms with Gasteiger partial charge in [0.25, 0.3) is 5.91 Å². The number of aliphatic hydroxyl groups is 1. The molecule has 0 heterocycles. The molecule has 0 radical (unpaired) electrons. The van der Waals surface area contributed by atoms with E-state index in [0.29, 0.717) is 11.3 Å². The summed E-state index contributed by atoms with van der Waals surface area (Å²) in [6.45, 7) is 1.19. The zero-order chi connectivity index (χ0) is 14.4. The van der Waals surface area contributed by atoms with Crippen molar-refractivity contribution in [3.8, 4) is 5.75 Å². The highest BCUT2D eigenvalue weighted by Crippen LogP contribution is 2.11. The van der Waals surface area contributed by atoms with Crippen molar-refractivity contribution >= 4 is 11.7 Å². The number of carbonyl (C=O) groups excluding carboxylic acids is 2. The van der Waals surface area contributed by atoms with Crippen LogP contribution in [-0.2, 0) is 4.79 Å². The smallest absolute Gasteiger partial charge is 0.251 e. The molecule has 1 amide bonds. The maximum atomic E-state index is 11.9. The van der Waals surface area contributed by atoms with E-state index in [1.54, 1.807) is 24.3 Å². The Morgan fingerprint density at radius 1 is 1.37 bits per heavy atom. The third-order valence-corrected chi connectivity index (χ3v) is 2.67. The number of hydrogen-bond acceptors (Lipinski definition) is 5. The zero-order valence-corrected chi connectivity index (χ0v) is 10.9. The monoisotopic (exact) mass is 266 g/mol. The number of methoxy groups -OCH3 is 1. The van der Waals surface area contributed by atoms with Gasteiger partial charge in [0.05, 0.1) is 19.8 Å². The van der Waals surface area contributed by atoms with Gasteiger partial charge in [-0.25, -0.2) is 0 Å². The average Bonchev–Trinajstić information content (AvgIpc) is 2.43. The number of amides is 1. The molecule has 0 aliphatic rings. The minimum Gasteiger partial charge on any atom is -0.497 e. The minimum atomic E-state index is -1.00. The van der Waals surface area contributed by atoms with Gasteiger partial charge < -0.3 is 20.9 Å². The van der Waals surface area contributed by atoms with Crippen LogP contribution in [0.1, 0.15) is 17.3 Å². The standard InChI is InChI=1S/C13H18N2O4/c1-8(16)12(11(17)7-14)15-13(18)9-3-5-10(19-2)6-4-9/h3-6,8,12,16H,7,14H2,1-2H3,(H,15,18)/t8-,12+/m1/s1. The first-order chi connectivity index (χ1) is 8.99. The van der Waals surface area contributed by atoms with E-state index in [1.807, 2.05) is 0 Å². The van der Waals surface area contributed by atoms with E-state index >= 15 is 0 Å². The molecule has 0 bridgehead atoms. The molecule has 0 unspecified atom stereocenters. The number of nitrogens with two attached hydrogens (primary N) is 1. The SMILES string of the molecule is COc1ccc(C(=O)N[C@H](C(=O)CN)[C@@H](C)O)cc1. The van der Waals surface area contributed by atoms with Crippen LogP contribution < -0.4 is 15.8 Å². The summed E-state index contributed by atoms with van der Waals surface area (Å²) in [7, 11) is 1.53. The first-order valence-electron chi connectivity index (χ1n) is 5.85. The Morgan fingerprint density at radius 2 is 1.95 bits per heavy atom. The molecule has 1 aromatic carbocycles. The van der Waals surface area contributed by atoms with Gasteiger partial charge >= 0.3 is 0 Å². The maximum absolute atomic E-state index is 11.9. The van der Waals surface area contributed by atoms with Gasteiger partial charge in [-0.05, 0) is 31.2 Å². The van der Waals surface area contributed by atoms with E-state index in [2.05, 4.69) is 5.32 Å². The summed E-state index contributed by atoms with van der Waals surface area (Å²) >= 11 is 0. The molecular weight excluding hydrogens is 248 g/mol. The number of aliphatic hydroxyl groups excluding tert-OH is 1. The molecule has 1 rings (SSSR count). The van der Waals surface area contributed by atoms with Crippen molar-refractivity contribution in [2.75, 3.05) is 13.7 Å². The first-order valence-corrected chi connectivity index (χ1v) is 5.85. The molecule has 19 heavy (non-hydrogen) atoms. The van der Waals surface area contributed by atoms with Crippen molar-refractivity contribution in [3.63, 3.8) is 0 Å². The quantitative estimate of drug-likeness (QED) is 0.656. The summed E-state index contributed by atoms with van der Waals surface area (Å²) in [4.78, 5) is 23.4. The second-order valence-corrected chi connectivity index (χ2v) is 4.09. The molecule has 1 aromatic rings. The van der Waals surface area contributed by atoms with Gasteiger partial charge in [-0.2, -0.15) is 0 Å². The van der Waals surface area contributed by atoms with Gasteiger partial charge in [0.1, 0.15) is 11.8 Å². The van der Waals surface area contributed by atoms with Crippen LogP contribution in [0.3, 0.4) is 0 Å². The van der Waals surface area contributed by atoms with Gasteiger partial charge in [-0.1, -0.05) is 0 Å². The topological polar surface area (TPSA) is 102 Å². The Balaban J connectivity index is 2.78. The third kappa shape index (κ3) is 4.04. The molecule has 0 saturated carbocycles. The minimum absolute atomic E-state index is 0.238. The van der Waals surface area contributed by atoms with Gasteiger partial charge in [0, 0.05) is 5.56 Å². The molecule has 0 spiro atoms. The molecule has 0 aromatic heterocycles. The van der Waals surface area contributed by atoms with E-state index in [1.165, 1.54) is 14.0 Å². The molecule has 6 nitrogen and oxygen atoms in total. The van der Waals surface area contributed by atoms with Gasteiger partial charge in [-0.3, -0.25) is 9.59 Å². The van der Waals surface area contributed by atoms with Crippen molar-refractivity contribution in [3.05, 3.63) is 29.8 Å². The van der Waals surface area contributed by atoms with Crippen molar-refractivity contribution in [2.45, 2.75) is 19.1 Å². The highest BCUT2D eigenvalue weighted by Gasteiger charge is 2.24. The normalized spacial score (nSPS) is 13.5. The number of Topliss-reactive ketones (excluding diaryl/α,β-unsaturated/α-hetero) is 1. The van der Waals surface area contributed by atoms with E-state index in [9.17, 15) is 14.7 Å². The summed E-state index contributed by atoms with van der Waals surface area (Å²) in [5.41, 5.74) is 5.61. The predicted molar refractivity (Wildman–Crippen MR) is 70.0 cm³/mol. The Kier molecular flexibility index (Phi) is 5.47. The first kappa shape index (κ1) is 15.1. The lowest BCUT2D eigenvalue weighted by atomic mass is 10.1. The highest BCUT2D eigenvalue weighted by molar-refractivity contribution is 5.98. The lowest BCUT2D eigenvalue weighted by Crippen LogP contribution is -2.49. The maximum Gasteiger partial charge on any atom is 0.251 e. The number of nitrogens with one attached hydrogen (secondary N) is 1. The van der Waals surface area contributed by atoms with Crippen LogP contribution in [0.4, 0.5) is 0 Å². The lowest BCUT2D eigenvalue weighted by molar-refractivity contribution is -0.121. The van der Waals surface area contributed by atoms with E-state index in [-0.39, 0.29) is 6.54 Å². The zero-order valence-electron chi connectivity index (χ0n) is 10.9. The fraction of sp³-hybridized carbons (Fsp3) is 0.385. The molecule has 0 aliphatic heterocycles. The Bertz CT molecular complexity index is 442. The Labute approximate surface area is 111 Å². The summed E-state index contributed by atoms with van der Waals surface area (Å²) in [6, 6.07) is 5.41. The van der Waals surface area contributed by atoms with Gasteiger partial charge in [0.2, 0.25) is 0 Å². The summed E-state index contributed by atoms with van der Waals surface area (Å²) in [5, 5.41) is 11.9. The van der Waals surface area contributed by atoms with Crippen LogP contribution >= 0.6 is 0 Å². The Morgan fingerprint density at radius 3 is 2.37 bits per heavy atom. The van der Waals surface area contributed by atoms with Crippen LogP contribution in [0.5, 0.6) is 5.75 Å². The van der Waals surface area contributed by atoms with Crippen LogP contribution in [0.2, 0.25) is 0 Å². The summed E-state index contributed by atoms with van der Waals surface area (Å²) in [6.07, 6.45) is -1.00. The van der Waals surface area contributed by atoms with Crippen LogP contribution in [-0.4, -0.2) is 42.6 Å². The van der Waals surface area contributed by atoms with Crippen LogP contribution in [0, 0.1) is 0 Å². The fourth-order valence-corrected chi connectivity index (χ4v) is 1.56. The number of hydrogen-bond donors (Lipinski definition) is 3. The van der Waals surface area contributed by atoms with E-state index in [4.69, 9.17) is 10.5 Å². The number of benzene rings is 1. The molecule has 0 fully saturated rings. The van der Waals surface area contributed by atoms with E-state index < -0.39 is 23.8 Å². The largest absolute Gasteiger partial charge is 0.497 e. The summed E-state index contributed by atoms with van der Waals surface area (Å²) < 4.78 is 4.98. The number of ketones is 1. The van der Waals surface area contributed by atoms with Crippen molar-refractivity contribution in [1.82, 2.24) is 5.32 Å². The molecule has 0 aliphatic carbocycles. The van der Waals surface area contributed by atoms with Gasteiger partial charge in [0.15, 0.2) is 5.78 Å². The van der Waals surface area contributed by atoms with Crippen molar-refractivity contribution < 1.29 is 19.4 Å². The molecule has 0 saturated heterocycles. The molecule has 104 valence electrons. The predicted octanol–water partition coefficient (Wildman–Crippen LogP) is -0.298. The number of rotatable bonds is 6. The van der Waals surface area contributed by atoms with Crippen molar-refractivity contribution in [1.29, 1.82) is 0 Å². The average molecular weight is 266 g/mol. The number of carbonyl (C=O) groups is 2. The lowest BCUT2D eigenvalue weighted by Gasteiger charge is -2.19. The van der Waals surface area contributed by atoms with Crippen molar-refractivity contribution in [2.24, 2.45) is 5.73 Å². The summed E-state index contributed by atoms with van der Waals surface area (Å²) in [5.74, 6) is -0.242. The molecule has 4 N–H and O–H groups in total. The second kappa shape index (κ2) is 6.86. The van der Waals surface area contributed by atoms with Crippen LogP contribution in [0.15, 0.2) is 24.3 Å². The molecule has 6 heteroatoms. The Hall–Kier alpha value is -1.92. The highest BCUT2D eigenvalue weighted by atomic mass is 16.5. The van der Waals surface area contributed by atoms with Gasteiger partial charge in [-0.15, -0.1) is 0 Å². The second-order valence-electron chi connectivity index (χ2n) is 4.09. The van der Waals surface area contributed by atoms with Crippen LogP contribution in [0.25, 0.3) is 0 Å². The number of ether oxygens (including phenoxy) is 1. The fourth-order valence-electron chi connectivity index (χ4n) is 1.56.